The predicted octanol–water partition coefficient (Wildman–Crippen LogP) is 2.52. The van der Waals surface area contributed by atoms with Crippen LogP contribution < -0.4 is 21.3 Å². The Labute approximate surface area is 193 Å². The fourth-order valence-electron chi connectivity index (χ4n) is 3.18. The first-order chi connectivity index (χ1) is 14.1. The molecule has 0 aromatic heterocycles. The molecule has 1 unspecified atom stereocenters. The van der Waals surface area contributed by atoms with Crippen molar-refractivity contribution in [1.29, 1.82) is 0 Å². The second kappa shape index (κ2) is 11.2. The minimum Gasteiger partial charge on any atom is -0.356 e. The number of rotatable bonds is 5. The third-order valence-corrected chi connectivity index (χ3v) is 4.58. The van der Waals surface area contributed by atoms with Gasteiger partial charge >= 0.3 is 0 Å². The summed E-state index contributed by atoms with van der Waals surface area (Å²) in [6, 6.07) is 14.8. The molecule has 0 saturated heterocycles. The number of terminal acetylenes is 1. The number of carbonyl (C=O) groups excluding carboxylic acids is 2. The van der Waals surface area contributed by atoms with Gasteiger partial charge in [0, 0.05) is 42.9 Å². The van der Waals surface area contributed by atoms with Crippen LogP contribution in [-0.4, -0.2) is 37.9 Å². The van der Waals surface area contributed by atoms with Crippen molar-refractivity contribution in [2.45, 2.75) is 12.3 Å². The van der Waals surface area contributed by atoms with E-state index in [0.717, 1.165) is 11.3 Å². The average Bonchev–Trinajstić information content (AvgIpc) is 2.73. The highest BCUT2D eigenvalue weighted by molar-refractivity contribution is 14.0. The Kier molecular flexibility index (Phi) is 8.68. The minimum atomic E-state index is -0.218. The smallest absolute Gasteiger partial charge is 0.243 e. The molecule has 156 valence electrons. The maximum absolute atomic E-state index is 12.2. The van der Waals surface area contributed by atoms with Crippen LogP contribution in [0, 0.1) is 12.3 Å². The molecule has 0 bridgehead atoms. The normalized spacial score (nSPS) is 15.0. The minimum absolute atomic E-state index is 0. The van der Waals surface area contributed by atoms with Crippen LogP contribution in [0.25, 0.3) is 0 Å². The Morgan fingerprint density at radius 2 is 2.03 bits per heavy atom. The number of aliphatic imine (C=N–C) groups is 1. The number of hydrogen-bond acceptors (Lipinski definition) is 3. The molecule has 7 nitrogen and oxygen atoms in total. The summed E-state index contributed by atoms with van der Waals surface area (Å²) in [5.41, 5.74) is 3.26. The fraction of sp³-hybridized carbons (Fsp3) is 0.227. The molecule has 0 fully saturated rings. The number of carbonyl (C=O) groups is 2. The van der Waals surface area contributed by atoms with Gasteiger partial charge in [-0.3, -0.25) is 14.6 Å². The summed E-state index contributed by atoms with van der Waals surface area (Å²) in [5, 5.41) is 11.8. The van der Waals surface area contributed by atoms with Gasteiger partial charge in [-0.05, 0) is 29.8 Å². The van der Waals surface area contributed by atoms with Crippen LogP contribution in [0.5, 0.6) is 0 Å². The second-order valence-corrected chi connectivity index (χ2v) is 6.62. The van der Waals surface area contributed by atoms with Crippen LogP contribution >= 0.6 is 24.0 Å². The monoisotopic (exact) mass is 517 g/mol. The molecule has 4 N–H and O–H groups in total. The van der Waals surface area contributed by atoms with Gasteiger partial charge in [0.15, 0.2) is 5.96 Å². The zero-order chi connectivity index (χ0) is 20.6. The lowest BCUT2D eigenvalue weighted by atomic mass is 9.90. The first kappa shape index (κ1) is 23.2. The lowest BCUT2D eigenvalue weighted by Gasteiger charge is -2.26. The van der Waals surface area contributed by atoms with Gasteiger partial charge in [-0.25, -0.2) is 0 Å². The van der Waals surface area contributed by atoms with Crippen LogP contribution in [0.4, 0.5) is 11.4 Å². The average molecular weight is 517 g/mol. The van der Waals surface area contributed by atoms with Gasteiger partial charge in [0.25, 0.3) is 0 Å². The third-order valence-electron chi connectivity index (χ3n) is 4.58. The molecule has 2 aromatic rings. The molecule has 8 heteroatoms. The molecule has 1 aliphatic heterocycles. The van der Waals surface area contributed by atoms with Crippen molar-refractivity contribution in [2.75, 3.05) is 30.8 Å². The van der Waals surface area contributed by atoms with Crippen molar-refractivity contribution in [3.8, 4) is 12.3 Å². The van der Waals surface area contributed by atoms with Crippen molar-refractivity contribution in [3.63, 3.8) is 0 Å². The first-order valence-corrected chi connectivity index (χ1v) is 9.29. The Morgan fingerprint density at radius 3 is 2.80 bits per heavy atom. The molecule has 0 spiro atoms. The number of amides is 2. The maximum Gasteiger partial charge on any atom is 0.243 e. The van der Waals surface area contributed by atoms with Crippen LogP contribution in [0.15, 0.2) is 53.5 Å². The second-order valence-electron chi connectivity index (χ2n) is 6.62. The zero-order valence-electron chi connectivity index (χ0n) is 16.6. The molecule has 0 aliphatic carbocycles. The highest BCUT2D eigenvalue weighted by atomic mass is 127. The van der Waals surface area contributed by atoms with Gasteiger partial charge in [0.1, 0.15) is 0 Å². The Bertz CT molecular complexity index is 983. The molecular formula is C22H24IN5O2. The summed E-state index contributed by atoms with van der Waals surface area (Å²) in [7, 11) is 1.63. The van der Waals surface area contributed by atoms with Gasteiger partial charge < -0.3 is 21.3 Å². The van der Waals surface area contributed by atoms with Crippen molar-refractivity contribution >= 4 is 53.1 Å². The van der Waals surface area contributed by atoms with E-state index in [4.69, 9.17) is 6.42 Å². The molecule has 30 heavy (non-hydrogen) atoms. The number of nitrogens with zero attached hydrogens (tertiary/aromatic N) is 1. The van der Waals surface area contributed by atoms with Gasteiger partial charge in [0.2, 0.25) is 11.8 Å². The van der Waals surface area contributed by atoms with E-state index >= 15 is 0 Å². The molecule has 2 aromatic carbocycles. The number of para-hydroxylation sites is 1. The van der Waals surface area contributed by atoms with Crippen LogP contribution in [0.2, 0.25) is 0 Å². The van der Waals surface area contributed by atoms with Gasteiger partial charge in [-0.1, -0.05) is 30.2 Å². The molecular weight excluding hydrogens is 493 g/mol. The largest absolute Gasteiger partial charge is 0.356 e. The molecule has 1 aliphatic rings. The first-order valence-electron chi connectivity index (χ1n) is 9.29. The van der Waals surface area contributed by atoms with Crippen LogP contribution in [0.1, 0.15) is 23.5 Å². The van der Waals surface area contributed by atoms with Gasteiger partial charge in [-0.2, -0.15) is 0 Å². The van der Waals surface area contributed by atoms with Gasteiger partial charge in [0.05, 0.1) is 6.54 Å². The molecule has 0 saturated carbocycles. The number of benzene rings is 2. The van der Waals surface area contributed by atoms with E-state index in [2.05, 4.69) is 32.2 Å². The Morgan fingerprint density at radius 1 is 1.23 bits per heavy atom. The standard InChI is InChI=1S/C22H23N5O2.HI/c1-3-15-7-6-8-17(11-15)26-21(29)14-25-22(23-2)24-13-16-12-20(28)27-19-10-5-4-9-18(16)19;/h1,4-11,16H,12-14H2,2H3,(H,26,29)(H,27,28)(H2,23,24,25);1H. The van der Waals surface area contributed by atoms with E-state index in [1.54, 1.807) is 31.3 Å². The molecule has 1 atom stereocenters. The number of anilines is 2. The summed E-state index contributed by atoms with van der Waals surface area (Å²) in [6.45, 7) is 0.567. The lowest BCUT2D eigenvalue weighted by Crippen LogP contribution is -2.43. The molecule has 3 rings (SSSR count). The SMILES string of the molecule is C#Cc1cccc(NC(=O)CNC(=NC)NCC2CC(=O)Nc3ccccc32)c1.I. The van der Waals surface area contributed by atoms with E-state index in [9.17, 15) is 9.59 Å². The highest BCUT2D eigenvalue weighted by Gasteiger charge is 2.24. The Hall–Kier alpha value is -3.06. The summed E-state index contributed by atoms with van der Waals surface area (Å²) in [6.07, 6.45) is 5.77. The summed E-state index contributed by atoms with van der Waals surface area (Å²) in [4.78, 5) is 28.3. The number of guanidine groups is 1. The van der Waals surface area contributed by atoms with E-state index in [1.807, 2.05) is 24.3 Å². The third kappa shape index (κ3) is 6.22. The fourth-order valence-corrected chi connectivity index (χ4v) is 3.18. The van der Waals surface area contributed by atoms with Crippen molar-refractivity contribution in [3.05, 3.63) is 59.7 Å². The number of hydrogen-bond donors (Lipinski definition) is 4. The summed E-state index contributed by atoms with van der Waals surface area (Å²) >= 11 is 0. The zero-order valence-corrected chi connectivity index (χ0v) is 18.9. The number of fused-ring (bicyclic) bond motifs is 1. The summed E-state index contributed by atoms with van der Waals surface area (Å²) < 4.78 is 0. The lowest BCUT2D eigenvalue weighted by molar-refractivity contribution is -0.117. The van der Waals surface area contributed by atoms with Crippen LogP contribution in [0.3, 0.4) is 0 Å². The van der Waals surface area contributed by atoms with Crippen molar-refractivity contribution in [1.82, 2.24) is 10.6 Å². The molecule has 2 amide bonds. The van der Waals surface area contributed by atoms with E-state index in [0.29, 0.717) is 30.2 Å². The number of halogens is 1. The molecule has 0 radical (unpaired) electrons. The van der Waals surface area contributed by atoms with E-state index in [-0.39, 0.29) is 48.3 Å². The van der Waals surface area contributed by atoms with E-state index in [1.165, 1.54) is 0 Å². The number of nitrogens with one attached hydrogen (secondary N) is 4. The molecule has 1 heterocycles. The van der Waals surface area contributed by atoms with E-state index < -0.39 is 0 Å². The quantitative estimate of drug-likeness (QED) is 0.212. The summed E-state index contributed by atoms with van der Waals surface area (Å²) in [5.74, 6) is 2.82. The van der Waals surface area contributed by atoms with Crippen molar-refractivity contribution in [2.24, 2.45) is 4.99 Å². The maximum atomic E-state index is 12.2. The Balaban J connectivity index is 0.00000320. The highest BCUT2D eigenvalue weighted by Crippen LogP contribution is 2.31. The van der Waals surface area contributed by atoms with Gasteiger partial charge in [-0.15, -0.1) is 30.4 Å². The van der Waals surface area contributed by atoms with Crippen LogP contribution in [-0.2, 0) is 9.59 Å². The van der Waals surface area contributed by atoms with Crippen molar-refractivity contribution < 1.29 is 9.59 Å². The topological polar surface area (TPSA) is 94.6 Å². The predicted molar refractivity (Wildman–Crippen MR) is 130 cm³/mol.